The van der Waals surface area contributed by atoms with Gasteiger partial charge in [-0.1, -0.05) is 18.7 Å². The number of rotatable bonds is 7. The number of carbonyl (C=O) groups is 1. The van der Waals surface area contributed by atoms with Gasteiger partial charge in [-0.3, -0.25) is 0 Å². The highest BCUT2D eigenvalue weighted by Crippen LogP contribution is 2.29. The summed E-state index contributed by atoms with van der Waals surface area (Å²) in [6.07, 6.45) is 4.23. The lowest BCUT2D eigenvalue weighted by Gasteiger charge is -2.11. The summed E-state index contributed by atoms with van der Waals surface area (Å²) in [5.74, 6) is 0.219. The van der Waals surface area contributed by atoms with E-state index in [9.17, 15) is 4.79 Å². The first-order chi connectivity index (χ1) is 8.67. The molecular weight excluding hydrogens is 232 g/mol. The van der Waals surface area contributed by atoms with Gasteiger partial charge in [0.2, 0.25) is 0 Å². The fraction of sp³-hybridized carbons (Fsp3) is 0.214. The molecule has 4 nitrogen and oxygen atoms in total. The number of benzene rings is 1. The van der Waals surface area contributed by atoms with Crippen LogP contribution in [0.3, 0.4) is 0 Å². The van der Waals surface area contributed by atoms with Gasteiger partial charge in [-0.15, -0.1) is 0 Å². The summed E-state index contributed by atoms with van der Waals surface area (Å²) in [6.45, 7) is 6.35. The molecule has 0 bridgehead atoms. The summed E-state index contributed by atoms with van der Waals surface area (Å²) in [4.78, 5) is 10.4. The number of hydrogen-bond donors (Lipinski definition) is 1. The van der Waals surface area contributed by atoms with E-state index < -0.39 is 5.97 Å². The van der Waals surface area contributed by atoms with Crippen molar-refractivity contribution in [2.45, 2.75) is 6.92 Å². The van der Waals surface area contributed by atoms with Gasteiger partial charge in [-0.2, -0.15) is 0 Å². The Kier molecular flexibility index (Phi) is 5.51. The van der Waals surface area contributed by atoms with Crippen LogP contribution in [0.2, 0.25) is 0 Å². The van der Waals surface area contributed by atoms with Crippen molar-refractivity contribution in [1.29, 1.82) is 0 Å². The summed E-state index contributed by atoms with van der Waals surface area (Å²) in [5, 5.41) is 8.56. The fourth-order valence-electron chi connectivity index (χ4n) is 1.33. The molecule has 0 aliphatic rings. The van der Waals surface area contributed by atoms with Gasteiger partial charge in [0, 0.05) is 6.08 Å². The Hall–Kier alpha value is -2.23. The van der Waals surface area contributed by atoms with Gasteiger partial charge in [0.1, 0.15) is 6.61 Å². The van der Waals surface area contributed by atoms with Crippen molar-refractivity contribution in [3.63, 3.8) is 0 Å². The normalized spacial score (nSPS) is 10.3. The van der Waals surface area contributed by atoms with Crippen LogP contribution in [0.1, 0.15) is 12.5 Å². The molecule has 0 saturated carbocycles. The largest absolute Gasteiger partial charge is 0.490 e. The third kappa shape index (κ3) is 4.33. The molecule has 1 rings (SSSR count). The van der Waals surface area contributed by atoms with E-state index >= 15 is 0 Å². The first-order valence-corrected chi connectivity index (χ1v) is 5.59. The first-order valence-electron chi connectivity index (χ1n) is 5.59. The molecule has 0 saturated heterocycles. The van der Waals surface area contributed by atoms with Gasteiger partial charge in [0.25, 0.3) is 0 Å². The summed E-state index contributed by atoms with van der Waals surface area (Å²) in [5.41, 5.74) is 0.742. The molecule has 0 heterocycles. The Morgan fingerprint density at radius 3 is 2.78 bits per heavy atom. The Labute approximate surface area is 106 Å². The average Bonchev–Trinajstić information content (AvgIpc) is 2.35. The molecule has 0 unspecified atom stereocenters. The van der Waals surface area contributed by atoms with Gasteiger partial charge in [-0.05, 0) is 30.7 Å². The predicted molar refractivity (Wildman–Crippen MR) is 70.0 cm³/mol. The molecule has 96 valence electrons. The predicted octanol–water partition coefficient (Wildman–Crippen LogP) is 2.75. The highest BCUT2D eigenvalue weighted by Gasteiger charge is 2.05. The molecule has 0 radical (unpaired) electrons. The van der Waals surface area contributed by atoms with E-state index in [0.717, 1.165) is 11.6 Å². The monoisotopic (exact) mass is 248 g/mol. The quantitative estimate of drug-likeness (QED) is 0.595. The number of hydrogen-bond acceptors (Lipinski definition) is 3. The smallest absolute Gasteiger partial charge is 0.328 e. The minimum Gasteiger partial charge on any atom is -0.490 e. The maximum atomic E-state index is 10.4. The summed E-state index contributed by atoms with van der Waals surface area (Å²) >= 11 is 0. The molecule has 4 heteroatoms. The minimum atomic E-state index is -0.986. The zero-order valence-corrected chi connectivity index (χ0v) is 10.3. The van der Waals surface area contributed by atoms with Crippen LogP contribution in [-0.4, -0.2) is 24.3 Å². The number of carboxylic acid groups (broad SMARTS) is 1. The standard InChI is InChI=1S/C14H16O4/c1-3-9-18-12-7-5-11(6-8-14(15)16)10-13(12)17-4-2/h3,5-8,10H,1,4,9H2,2H3,(H,15,16). The molecule has 0 amide bonds. The number of ether oxygens (including phenoxy) is 2. The van der Waals surface area contributed by atoms with Gasteiger partial charge >= 0.3 is 5.97 Å². The molecule has 0 atom stereocenters. The van der Waals surface area contributed by atoms with Crippen molar-refractivity contribution < 1.29 is 19.4 Å². The summed E-state index contributed by atoms with van der Waals surface area (Å²) in [6, 6.07) is 5.25. The Balaban J connectivity index is 2.94. The minimum absolute atomic E-state index is 0.393. The van der Waals surface area contributed by atoms with Crippen LogP contribution >= 0.6 is 0 Å². The van der Waals surface area contributed by atoms with Crippen molar-refractivity contribution in [2.24, 2.45) is 0 Å². The van der Waals surface area contributed by atoms with E-state index in [1.807, 2.05) is 6.92 Å². The molecule has 0 aliphatic carbocycles. The fourth-order valence-corrected chi connectivity index (χ4v) is 1.33. The van der Waals surface area contributed by atoms with E-state index in [1.165, 1.54) is 6.08 Å². The highest BCUT2D eigenvalue weighted by molar-refractivity contribution is 5.85. The van der Waals surface area contributed by atoms with Gasteiger partial charge in [-0.25, -0.2) is 4.79 Å². The molecule has 1 N–H and O–H groups in total. The van der Waals surface area contributed by atoms with E-state index in [-0.39, 0.29) is 0 Å². The lowest BCUT2D eigenvalue weighted by atomic mass is 10.2. The van der Waals surface area contributed by atoms with Crippen LogP contribution < -0.4 is 9.47 Å². The van der Waals surface area contributed by atoms with E-state index in [2.05, 4.69) is 6.58 Å². The van der Waals surface area contributed by atoms with E-state index in [1.54, 1.807) is 24.3 Å². The van der Waals surface area contributed by atoms with E-state index in [0.29, 0.717) is 24.7 Å². The van der Waals surface area contributed by atoms with Gasteiger partial charge < -0.3 is 14.6 Å². The maximum absolute atomic E-state index is 10.4. The lowest BCUT2D eigenvalue weighted by molar-refractivity contribution is -0.131. The van der Waals surface area contributed by atoms with Crippen molar-refractivity contribution in [1.82, 2.24) is 0 Å². The van der Waals surface area contributed by atoms with Crippen molar-refractivity contribution >= 4 is 12.0 Å². The lowest BCUT2D eigenvalue weighted by Crippen LogP contribution is -1.99. The zero-order chi connectivity index (χ0) is 13.4. The van der Waals surface area contributed by atoms with Crippen LogP contribution in [0.4, 0.5) is 0 Å². The van der Waals surface area contributed by atoms with Gasteiger partial charge in [0.15, 0.2) is 11.5 Å². The number of aliphatic carboxylic acids is 1. The molecule has 0 fully saturated rings. The SMILES string of the molecule is C=CCOc1ccc(C=CC(=O)O)cc1OCC. The van der Waals surface area contributed by atoms with Crippen LogP contribution in [0.25, 0.3) is 6.08 Å². The first kappa shape index (κ1) is 13.8. The van der Waals surface area contributed by atoms with Crippen molar-refractivity contribution in [2.75, 3.05) is 13.2 Å². The molecular formula is C14H16O4. The summed E-state index contributed by atoms with van der Waals surface area (Å²) < 4.78 is 10.9. The van der Waals surface area contributed by atoms with Gasteiger partial charge in [0.05, 0.1) is 6.61 Å². The molecule has 0 aliphatic heterocycles. The average molecular weight is 248 g/mol. The van der Waals surface area contributed by atoms with Crippen LogP contribution in [0.15, 0.2) is 36.9 Å². The summed E-state index contributed by atoms with van der Waals surface area (Å²) in [7, 11) is 0. The zero-order valence-electron chi connectivity index (χ0n) is 10.3. The molecule has 1 aromatic rings. The van der Waals surface area contributed by atoms with Crippen molar-refractivity contribution in [3.05, 3.63) is 42.5 Å². The maximum Gasteiger partial charge on any atom is 0.328 e. The van der Waals surface area contributed by atoms with Crippen LogP contribution in [-0.2, 0) is 4.79 Å². The van der Waals surface area contributed by atoms with Crippen LogP contribution in [0, 0.1) is 0 Å². The van der Waals surface area contributed by atoms with Crippen LogP contribution in [0.5, 0.6) is 11.5 Å². The topological polar surface area (TPSA) is 55.8 Å². The Morgan fingerprint density at radius 2 is 2.17 bits per heavy atom. The second-order valence-corrected chi connectivity index (χ2v) is 3.41. The second-order valence-electron chi connectivity index (χ2n) is 3.41. The molecule has 18 heavy (non-hydrogen) atoms. The third-order valence-electron chi connectivity index (χ3n) is 2.04. The Bertz CT molecular complexity index is 449. The van der Waals surface area contributed by atoms with E-state index in [4.69, 9.17) is 14.6 Å². The third-order valence-corrected chi connectivity index (χ3v) is 2.04. The molecule has 0 spiro atoms. The second kappa shape index (κ2) is 7.17. The number of carboxylic acids is 1. The molecule has 1 aromatic carbocycles. The van der Waals surface area contributed by atoms with Crippen molar-refractivity contribution in [3.8, 4) is 11.5 Å². The highest BCUT2D eigenvalue weighted by atomic mass is 16.5. The molecule has 0 aromatic heterocycles. The Morgan fingerprint density at radius 1 is 1.39 bits per heavy atom.